The standard InChI is InChI=1S/C13H26O4S/c1-9(2)12-8-11(17-18(14,15)16)6-7-13(12,5)10(3)4/h9-12H,6-8H2,1-5H3,(H,14,15,16)/t11-,12?,13+/m0/s1. The van der Waals surface area contributed by atoms with Crippen LogP contribution in [0.2, 0.25) is 0 Å². The third kappa shape index (κ3) is 3.68. The van der Waals surface area contributed by atoms with E-state index in [9.17, 15) is 8.42 Å². The number of hydrogen-bond donors (Lipinski definition) is 1. The van der Waals surface area contributed by atoms with Gasteiger partial charge in [0, 0.05) is 0 Å². The van der Waals surface area contributed by atoms with Crippen molar-refractivity contribution >= 4 is 10.4 Å². The summed E-state index contributed by atoms with van der Waals surface area (Å²) >= 11 is 0. The smallest absolute Gasteiger partial charge is 0.264 e. The minimum absolute atomic E-state index is 0.216. The first kappa shape index (κ1) is 15.9. The quantitative estimate of drug-likeness (QED) is 0.801. The normalized spacial score (nSPS) is 34.2. The molecule has 1 aliphatic rings. The predicted molar refractivity (Wildman–Crippen MR) is 71.5 cm³/mol. The van der Waals surface area contributed by atoms with Gasteiger partial charge in [0.15, 0.2) is 0 Å². The van der Waals surface area contributed by atoms with E-state index in [1.54, 1.807) is 0 Å². The molecular formula is C13H26O4S. The van der Waals surface area contributed by atoms with Gasteiger partial charge in [-0.25, -0.2) is 4.18 Å². The van der Waals surface area contributed by atoms with E-state index in [-0.39, 0.29) is 11.5 Å². The Balaban J connectivity index is 2.84. The molecule has 0 spiro atoms. The number of hydrogen-bond acceptors (Lipinski definition) is 3. The SMILES string of the molecule is CC(C)C1C[C@@H](OS(=O)(=O)O)CC[C@]1(C)C(C)C. The van der Waals surface area contributed by atoms with Crippen LogP contribution in [0, 0.1) is 23.2 Å². The lowest BCUT2D eigenvalue weighted by molar-refractivity contribution is -0.0224. The molecule has 0 bridgehead atoms. The average Bonchev–Trinajstić information content (AvgIpc) is 2.18. The van der Waals surface area contributed by atoms with Crippen molar-refractivity contribution in [3.05, 3.63) is 0 Å². The lowest BCUT2D eigenvalue weighted by atomic mass is 9.58. The molecule has 4 nitrogen and oxygen atoms in total. The van der Waals surface area contributed by atoms with Crippen LogP contribution in [-0.2, 0) is 14.6 Å². The molecular weight excluding hydrogens is 252 g/mol. The molecule has 18 heavy (non-hydrogen) atoms. The summed E-state index contributed by atoms with van der Waals surface area (Å²) in [5, 5.41) is 0. The minimum atomic E-state index is -4.33. The molecule has 0 aromatic heterocycles. The first-order valence-corrected chi connectivity index (χ1v) is 8.08. The van der Waals surface area contributed by atoms with E-state index in [4.69, 9.17) is 8.74 Å². The van der Waals surface area contributed by atoms with Crippen molar-refractivity contribution in [3.63, 3.8) is 0 Å². The summed E-state index contributed by atoms with van der Waals surface area (Å²) in [7, 11) is -4.33. The topological polar surface area (TPSA) is 63.6 Å². The summed E-state index contributed by atoms with van der Waals surface area (Å²) in [4.78, 5) is 0. The van der Waals surface area contributed by atoms with E-state index in [0.717, 1.165) is 6.42 Å². The van der Waals surface area contributed by atoms with Crippen molar-refractivity contribution in [1.82, 2.24) is 0 Å². The first-order chi connectivity index (χ1) is 8.06. The highest BCUT2D eigenvalue weighted by Gasteiger charge is 2.44. The highest BCUT2D eigenvalue weighted by molar-refractivity contribution is 7.80. The van der Waals surface area contributed by atoms with Gasteiger partial charge in [0.25, 0.3) is 0 Å². The molecule has 0 radical (unpaired) electrons. The van der Waals surface area contributed by atoms with E-state index in [2.05, 4.69) is 34.6 Å². The molecule has 0 aromatic carbocycles. The van der Waals surface area contributed by atoms with Crippen molar-refractivity contribution in [2.75, 3.05) is 0 Å². The van der Waals surface area contributed by atoms with Gasteiger partial charge in [-0.05, 0) is 42.4 Å². The van der Waals surface area contributed by atoms with E-state index in [1.165, 1.54) is 0 Å². The van der Waals surface area contributed by atoms with Crippen LogP contribution < -0.4 is 0 Å². The Morgan fingerprint density at radius 1 is 1.28 bits per heavy atom. The molecule has 0 heterocycles. The molecule has 1 N–H and O–H groups in total. The van der Waals surface area contributed by atoms with Crippen LogP contribution >= 0.6 is 0 Å². The molecule has 3 atom stereocenters. The third-order valence-corrected chi connectivity index (χ3v) is 5.27. The minimum Gasteiger partial charge on any atom is -0.264 e. The fourth-order valence-electron chi connectivity index (χ4n) is 3.34. The Morgan fingerprint density at radius 3 is 2.22 bits per heavy atom. The Bertz CT molecular complexity index is 374. The van der Waals surface area contributed by atoms with Crippen LogP contribution in [-0.4, -0.2) is 19.1 Å². The lowest BCUT2D eigenvalue weighted by Gasteiger charge is -2.48. The van der Waals surface area contributed by atoms with E-state index in [0.29, 0.717) is 30.6 Å². The molecule has 1 unspecified atom stereocenters. The maximum atomic E-state index is 10.8. The second-order valence-corrected chi connectivity index (χ2v) is 7.48. The zero-order valence-corrected chi connectivity index (χ0v) is 12.8. The van der Waals surface area contributed by atoms with Crippen LogP contribution in [0.25, 0.3) is 0 Å². The van der Waals surface area contributed by atoms with Crippen molar-refractivity contribution in [2.24, 2.45) is 23.2 Å². The molecule has 1 fully saturated rings. The monoisotopic (exact) mass is 278 g/mol. The van der Waals surface area contributed by atoms with Gasteiger partial charge in [0.05, 0.1) is 6.10 Å². The van der Waals surface area contributed by atoms with Crippen LogP contribution in [0.4, 0.5) is 0 Å². The van der Waals surface area contributed by atoms with E-state index in [1.807, 2.05) is 0 Å². The van der Waals surface area contributed by atoms with Gasteiger partial charge in [-0.2, -0.15) is 8.42 Å². The fourth-order valence-corrected chi connectivity index (χ4v) is 3.86. The zero-order valence-electron chi connectivity index (χ0n) is 12.0. The Morgan fingerprint density at radius 2 is 1.83 bits per heavy atom. The average molecular weight is 278 g/mol. The van der Waals surface area contributed by atoms with Crippen LogP contribution in [0.15, 0.2) is 0 Å². The van der Waals surface area contributed by atoms with Gasteiger partial charge in [-0.15, -0.1) is 0 Å². The molecule has 5 heteroatoms. The van der Waals surface area contributed by atoms with Crippen molar-refractivity contribution < 1.29 is 17.2 Å². The van der Waals surface area contributed by atoms with Gasteiger partial charge in [0.1, 0.15) is 0 Å². The van der Waals surface area contributed by atoms with Crippen LogP contribution in [0.5, 0.6) is 0 Å². The second kappa shape index (κ2) is 5.47. The van der Waals surface area contributed by atoms with Gasteiger partial charge in [-0.3, -0.25) is 4.55 Å². The lowest BCUT2D eigenvalue weighted by Crippen LogP contribution is -2.43. The molecule has 1 saturated carbocycles. The molecule has 0 aliphatic heterocycles. The summed E-state index contributed by atoms with van der Waals surface area (Å²) in [5.74, 6) is 1.44. The highest BCUT2D eigenvalue weighted by atomic mass is 32.3. The molecule has 0 aromatic rings. The molecule has 0 amide bonds. The summed E-state index contributed by atoms with van der Waals surface area (Å²) in [5.41, 5.74) is 0.216. The third-order valence-electron chi connectivity index (χ3n) is 4.75. The Hall–Kier alpha value is -0.130. The van der Waals surface area contributed by atoms with Gasteiger partial charge in [-0.1, -0.05) is 34.6 Å². The van der Waals surface area contributed by atoms with Crippen molar-refractivity contribution in [1.29, 1.82) is 0 Å². The summed E-state index contributed by atoms with van der Waals surface area (Å²) < 4.78 is 35.2. The molecule has 1 aliphatic carbocycles. The van der Waals surface area contributed by atoms with E-state index >= 15 is 0 Å². The van der Waals surface area contributed by atoms with Crippen LogP contribution in [0.3, 0.4) is 0 Å². The van der Waals surface area contributed by atoms with Crippen molar-refractivity contribution in [2.45, 2.75) is 60.0 Å². The highest BCUT2D eigenvalue weighted by Crippen LogP contribution is 2.50. The maximum absolute atomic E-state index is 10.8. The van der Waals surface area contributed by atoms with Crippen molar-refractivity contribution in [3.8, 4) is 0 Å². The summed E-state index contributed by atoms with van der Waals surface area (Å²) in [6.45, 7) is 11.1. The number of rotatable bonds is 4. The Kier molecular flexibility index (Phi) is 4.84. The molecule has 108 valence electrons. The predicted octanol–water partition coefficient (Wildman–Crippen LogP) is 3.29. The molecule has 1 rings (SSSR count). The van der Waals surface area contributed by atoms with Gasteiger partial charge < -0.3 is 0 Å². The zero-order chi connectivity index (χ0) is 14.1. The van der Waals surface area contributed by atoms with Crippen LogP contribution in [0.1, 0.15) is 53.9 Å². The van der Waals surface area contributed by atoms with Gasteiger partial charge in [0.2, 0.25) is 0 Å². The van der Waals surface area contributed by atoms with Gasteiger partial charge >= 0.3 is 10.4 Å². The Labute approximate surface area is 111 Å². The first-order valence-electron chi connectivity index (χ1n) is 6.72. The summed E-state index contributed by atoms with van der Waals surface area (Å²) in [6, 6.07) is 0. The largest absolute Gasteiger partial charge is 0.397 e. The van der Waals surface area contributed by atoms with E-state index < -0.39 is 10.4 Å². The second-order valence-electron chi connectivity index (χ2n) is 6.43. The summed E-state index contributed by atoms with van der Waals surface area (Å²) in [6.07, 6.45) is 1.96. The maximum Gasteiger partial charge on any atom is 0.397 e. The molecule has 0 saturated heterocycles. The fraction of sp³-hybridized carbons (Fsp3) is 1.00.